The van der Waals surface area contributed by atoms with Crippen LogP contribution in [0.4, 0.5) is 0 Å². The molecule has 5 aromatic rings. The molecule has 0 fully saturated rings. The molecule has 0 saturated heterocycles. The van der Waals surface area contributed by atoms with Gasteiger partial charge in [-0.05, 0) is 34.4 Å². The van der Waals surface area contributed by atoms with Gasteiger partial charge in [-0.1, -0.05) is 47.3 Å². The summed E-state index contributed by atoms with van der Waals surface area (Å²) in [4.78, 5) is 18.6. The van der Waals surface area contributed by atoms with Gasteiger partial charge in [0.1, 0.15) is 0 Å². The molecule has 5 nitrogen and oxygen atoms in total. The summed E-state index contributed by atoms with van der Waals surface area (Å²) < 4.78 is 7.03. The lowest BCUT2D eigenvalue weighted by molar-refractivity contribution is 0.427. The summed E-state index contributed by atoms with van der Waals surface area (Å²) in [7, 11) is 1.76. The first-order chi connectivity index (χ1) is 13.7. The second kappa shape index (κ2) is 6.92. The summed E-state index contributed by atoms with van der Waals surface area (Å²) in [6, 6.07) is 17.8. The summed E-state index contributed by atoms with van der Waals surface area (Å²) in [6.07, 6.45) is 0. The van der Waals surface area contributed by atoms with Crippen molar-refractivity contribution in [1.29, 1.82) is 0 Å². The molecule has 0 aliphatic heterocycles. The Morgan fingerprint density at radius 2 is 1.93 bits per heavy atom. The fourth-order valence-corrected chi connectivity index (χ4v) is 4.65. The molecule has 0 unspecified atom stereocenters. The molecular weight excluding hydrogens is 390 g/mol. The lowest BCUT2D eigenvalue weighted by atomic mass is 10.1. The summed E-state index contributed by atoms with van der Waals surface area (Å²) in [5, 5.41) is 9.55. The molecule has 0 atom stereocenters. The van der Waals surface area contributed by atoms with Crippen molar-refractivity contribution >= 4 is 44.8 Å². The maximum absolute atomic E-state index is 12.8. The average Bonchev–Trinajstić information content (AvgIpc) is 3.40. The normalized spacial score (nSPS) is 11.5. The SMILES string of the molecule is Cn1c(SCc2cc(-c3cccs3)on2)nc2cc3ccccc3cc2c1=O. The second-order valence-electron chi connectivity index (χ2n) is 6.42. The van der Waals surface area contributed by atoms with Crippen LogP contribution in [0.3, 0.4) is 0 Å². The van der Waals surface area contributed by atoms with E-state index in [9.17, 15) is 4.79 Å². The Labute approximate surface area is 168 Å². The zero-order valence-corrected chi connectivity index (χ0v) is 16.6. The Bertz CT molecular complexity index is 1350. The Kier molecular flexibility index (Phi) is 4.26. The molecule has 138 valence electrons. The van der Waals surface area contributed by atoms with E-state index in [0.29, 0.717) is 21.8 Å². The van der Waals surface area contributed by atoms with Gasteiger partial charge < -0.3 is 4.52 Å². The van der Waals surface area contributed by atoms with Gasteiger partial charge in [0.25, 0.3) is 5.56 Å². The summed E-state index contributed by atoms with van der Waals surface area (Å²) >= 11 is 3.09. The molecule has 2 aromatic carbocycles. The number of fused-ring (bicyclic) bond motifs is 2. The van der Waals surface area contributed by atoms with Crippen molar-refractivity contribution in [3.63, 3.8) is 0 Å². The Hall–Kier alpha value is -2.90. The molecule has 3 aromatic heterocycles. The predicted octanol–water partition coefficient (Wildman–Crippen LogP) is 5.10. The number of aromatic nitrogens is 3. The zero-order chi connectivity index (χ0) is 19.1. The number of thiophene rings is 1. The van der Waals surface area contributed by atoms with Crippen molar-refractivity contribution in [2.24, 2.45) is 7.05 Å². The average molecular weight is 406 g/mol. The fraction of sp³-hybridized carbons (Fsp3) is 0.0952. The van der Waals surface area contributed by atoms with Crippen molar-refractivity contribution in [3.8, 4) is 10.6 Å². The minimum absolute atomic E-state index is 0.0438. The van der Waals surface area contributed by atoms with Crippen LogP contribution in [0, 0.1) is 0 Å². The number of thioether (sulfide) groups is 1. The summed E-state index contributed by atoms with van der Waals surface area (Å²) in [5.41, 5.74) is 1.49. The molecule has 0 bridgehead atoms. The molecule has 0 spiro atoms. The highest BCUT2D eigenvalue weighted by molar-refractivity contribution is 7.98. The standard InChI is InChI=1S/C21H15N3O2S2/c1-24-20(25)16-9-13-5-2-3-6-14(13)10-17(16)22-21(24)28-12-15-11-18(26-23-15)19-7-4-8-27-19/h2-11H,12H2,1H3. The van der Waals surface area contributed by atoms with Crippen molar-refractivity contribution < 1.29 is 4.52 Å². The minimum Gasteiger partial charge on any atom is -0.355 e. The summed E-state index contributed by atoms with van der Waals surface area (Å²) in [6.45, 7) is 0. The van der Waals surface area contributed by atoms with E-state index >= 15 is 0 Å². The molecule has 0 radical (unpaired) electrons. The quantitative estimate of drug-likeness (QED) is 0.237. The van der Waals surface area contributed by atoms with Gasteiger partial charge in [-0.3, -0.25) is 9.36 Å². The Morgan fingerprint density at radius 1 is 1.11 bits per heavy atom. The lowest BCUT2D eigenvalue weighted by Crippen LogP contribution is -2.20. The molecule has 3 heterocycles. The number of rotatable bonds is 4. The third-order valence-corrected chi connectivity index (χ3v) is 6.52. The predicted molar refractivity (Wildman–Crippen MR) is 114 cm³/mol. The van der Waals surface area contributed by atoms with Crippen LogP contribution in [0.5, 0.6) is 0 Å². The fourth-order valence-electron chi connectivity index (χ4n) is 3.12. The number of benzene rings is 2. The van der Waals surface area contributed by atoms with E-state index in [1.165, 1.54) is 11.8 Å². The molecule has 0 N–H and O–H groups in total. The van der Waals surface area contributed by atoms with E-state index in [2.05, 4.69) is 5.16 Å². The van der Waals surface area contributed by atoms with Gasteiger partial charge in [0.15, 0.2) is 10.9 Å². The van der Waals surface area contributed by atoms with E-state index in [0.717, 1.165) is 27.1 Å². The molecule has 0 amide bonds. The zero-order valence-electron chi connectivity index (χ0n) is 15.0. The maximum atomic E-state index is 12.8. The third-order valence-electron chi connectivity index (χ3n) is 4.57. The van der Waals surface area contributed by atoms with Crippen LogP contribution in [0.25, 0.3) is 32.3 Å². The van der Waals surface area contributed by atoms with Gasteiger partial charge in [-0.25, -0.2) is 4.98 Å². The number of hydrogen-bond acceptors (Lipinski definition) is 6. The van der Waals surface area contributed by atoms with E-state index in [4.69, 9.17) is 9.51 Å². The van der Waals surface area contributed by atoms with Crippen LogP contribution in [-0.2, 0) is 12.8 Å². The molecule has 0 aliphatic carbocycles. The lowest BCUT2D eigenvalue weighted by Gasteiger charge is -2.09. The molecule has 28 heavy (non-hydrogen) atoms. The first-order valence-corrected chi connectivity index (χ1v) is 10.6. The highest BCUT2D eigenvalue weighted by atomic mass is 32.2. The molecule has 0 saturated carbocycles. The molecular formula is C21H15N3O2S2. The minimum atomic E-state index is -0.0438. The van der Waals surface area contributed by atoms with E-state index in [1.807, 2.05) is 60.0 Å². The van der Waals surface area contributed by atoms with E-state index < -0.39 is 0 Å². The Morgan fingerprint density at radius 3 is 2.71 bits per heavy atom. The highest BCUT2D eigenvalue weighted by Gasteiger charge is 2.12. The van der Waals surface area contributed by atoms with Crippen LogP contribution in [0.1, 0.15) is 5.69 Å². The van der Waals surface area contributed by atoms with Crippen LogP contribution >= 0.6 is 23.1 Å². The number of nitrogens with zero attached hydrogens (tertiary/aromatic N) is 3. The largest absolute Gasteiger partial charge is 0.355 e. The maximum Gasteiger partial charge on any atom is 0.261 e. The van der Waals surface area contributed by atoms with Gasteiger partial charge >= 0.3 is 0 Å². The smallest absolute Gasteiger partial charge is 0.261 e. The van der Waals surface area contributed by atoms with Crippen LogP contribution < -0.4 is 5.56 Å². The van der Waals surface area contributed by atoms with Crippen LogP contribution in [0.15, 0.2) is 74.5 Å². The van der Waals surface area contributed by atoms with Crippen molar-refractivity contribution in [2.45, 2.75) is 10.9 Å². The van der Waals surface area contributed by atoms with Gasteiger partial charge in [0.2, 0.25) is 0 Å². The topological polar surface area (TPSA) is 60.9 Å². The van der Waals surface area contributed by atoms with Gasteiger partial charge in [0.05, 0.1) is 21.5 Å². The van der Waals surface area contributed by atoms with E-state index in [1.54, 1.807) is 23.0 Å². The van der Waals surface area contributed by atoms with Gasteiger partial charge in [-0.2, -0.15) is 0 Å². The first-order valence-electron chi connectivity index (χ1n) is 8.71. The van der Waals surface area contributed by atoms with Crippen LogP contribution in [-0.4, -0.2) is 14.7 Å². The first kappa shape index (κ1) is 17.2. The van der Waals surface area contributed by atoms with Gasteiger partial charge in [0, 0.05) is 18.9 Å². The highest BCUT2D eigenvalue weighted by Crippen LogP contribution is 2.28. The molecule has 7 heteroatoms. The monoisotopic (exact) mass is 405 g/mol. The van der Waals surface area contributed by atoms with E-state index in [-0.39, 0.29) is 5.56 Å². The Balaban J connectivity index is 1.48. The van der Waals surface area contributed by atoms with Crippen LogP contribution in [0.2, 0.25) is 0 Å². The summed E-state index contributed by atoms with van der Waals surface area (Å²) in [5.74, 6) is 1.34. The second-order valence-corrected chi connectivity index (χ2v) is 8.31. The molecule has 5 rings (SSSR count). The third kappa shape index (κ3) is 3.02. The van der Waals surface area contributed by atoms with Crippen molar-refractivity contribution in [1.82, 2.24) is 14.7 Å². The van der Waals surface area contributed by atoms with Crippen molar-refractivity contribution in [2.75, 3.05) is 0 Å². The molecule has 0 aliphatic rings. The number of hydrogen-bond donors (Lipinski definition) is 0. The van der Waals surface area contributed by atoms with Gasteiger partial charge in [-0.15, -0.1) is 11.3 Å². The van der Waals surface area contributed by atoms with Crippen molar-refractivity contribution in [3.05, 3.63) is 76.0 Å².